The lowest BCUT2D eigenvalue weighted by atomic mass is 9.85. The minimum absolute atomic E-state index is 0.0931. The van der Waals surface area contributed by atoms with Gasteiger partial charge in [-0.1, -0.05) is 47.6 Å². The highest BCUT2D eigenvalue weighted by atomic mass is 16.5. The summed E-state index contributed by atoms with van der Waals surface area (Å²) in [6.07, 6.45) is 4.89. The number of likely N-dealkylation sites (tertiary alicyclic amines) is 1. The van der Waals surface area contributed by atoms with Crippen molar-refractivity contribution in [2.75, 3.05) is 0 Å². The summed E-state index contributed by atoms with van der Waals surface area (Å²) in [6, 6.07) is 10.2. The Balaban J connectivity index is 1.38. The summed E-state index contributed by atoms with van der Waals surface area (Å²) in [5, 5.41) is 3.90. The zero-order valence-electron chi connectivity index (χ0n) is 15.4. The summed E-state index contributed by atoms with van der Waals surface area (Å²) in [7, 11) is 0. The van der Waals surface area contributed by atoms with Gasteiger partial charge < -0.3 is 9.26 Å². The zero-order valence-corrected chi connectivity index (χ0v) is 15.4. The van der Waals surface area contributed by atoms with Gasteiger partial charge in [0.2, 0.25) is 11.8 Å². The first-order chi connectivity index (χ1) is 13.6. The second-order valence-electron chi connectivity index (χ2n) is 7.03. The minimum Gasteiger partial charge on any atom is -0.458 e. The second kappa shape index (κ2) is 7.42. The third-order valence-corrected chi connectivity index (χ3v) is 5.25. The van der Waals surface area contributed by atoms with Crippen LogP contribution in [0, 0.1) is 11.8 Å². The van der Waals surface area contributed by atoms with E-state index >= 15 is 0 Å². The number of ether oxygens (including phenoxy) is 1. The number of hydrogen-bond donors (Lipinski definition) is 0. The average molecular weight is 380 g/mol. The fraction of sp³-hybridized carbons (Fsp3) is 0.333. The van der Waals surface area contributed by atoms with Gasteiger partial charge in [-0.05, 0) is 19.8 Å². The number of imide groups is 1. The van der Waals surface area contributed by atoms with E-state index in [1.54, 1.807) is 6.07 Å². The lowest BCUT2D eigenvalue weighted by molar-refractivity contribution is -0.159. The Bertz CT molecular complexity index is 907. The van der Waals surface area contributed by atoms with E-state index < -0.39 is 12.0 Å². The van der Waals surface area contributed by atoms with Crippen LogP contribution in [-0.2, 0) is 25.7 Å². The van der Waals surface area contributed by atoms with Gasteiger partial charge >= 0.3 is 5.97 Å². The summed E-state index contributed by atoms with van der Waals surface area (Å²) >= 11 is 0. The van der Waals surface area contributed by atoms with Crippen LogP contribution in [-0.4, -0.2) is 33.9 Å². The number of amides is 2. The quantitative estimate of drug-likeness (QED) is 0.450. The molecule has 3 atom stereocenters. The van der Waals surface area contributed by atoms with E-state index in [2.05, 4.69) is 5.16 Å². The van der Waals surface area contributed by atoms with Crippen molar-refractivity contribution in [3.8, 4) is 11.3 Å². The molecule has 144 valence electrons. The van der Waals surface area contributed by atoms with Gasteiger partial charge in [0.25, 0.3) is 0 Å². The average Bonchev–Trinajstić information content (AvgIpc) is 3.30. The molecule has 0 unspecified atom stereocenters. The Hall–Kier alpha value is -3.22. The molecule has 1 saturated heterocycles. The molecule has 2 aliphatic rings. The van der Waals surface area contributed by atoms with Crippen LogP contribution in [0.5, 0.6) is 0 Å². The summed E-state index contributed by atoms with van der Waals surface area (Å²) in [4.78, 5) is 38.6. The molecule has 2 aromatic rings. The summed E-state index contributed by atoms with van der Waals surface area (Å²) < 4.78 is 10.6. The highest BCUT2D eigenvalue weighted by Gasteiger charge is 2.50. The summed E-state index contributed by atoms with van der Waals surface area (Å²) in [5.74, 6) is -1.39. The summed E-state index contributed by atoms with van der Waals surface area (Å²) in [6.45, 7) is 1.42. The van der Waals surface area contributed by atoms with E-state index in [-0.39, 0.29) is 30.3 Å². The minimum atomic E-state index is -0.967. The monoisotopic (exact) mass is 380 g/mol. The fourth-order valence-corrected chi connectivity index (χ4v) is 3.70. The van der Waals surface area contributed by atoms with Crippen molar-refractivity contribution < 1.29 is 23.6 Å². The molecule has 1 aromatic carbocycles. The van der Waals surface area contributed by atoms with Crippen LogP contribution in [0.15, 0.2) is 53.1 Å². The number of nitrogens with zero attached hydrogens (tertiary/aromatic N) is 2. The van der Waals surface area contributed by atoms with Crippen LogP contribution in [0.3, 0.4) is 0 Å². The van der Waals surface area contributed by atoms with Crippen molar-refractivity contribution >= 4 is 17.8 Å². The molecule has 0 bridgehead atoms. The third kappa shape index (κ3) is 3.24. The van der Waals surface area contributed by atoms with E-state index in [1.807, 2.05) is 42.5 Å². The fourth-order valence-electron chi connectivity index (χ4n) is 3.70. The molecule has 7 heteroatoms. The number of fused-ring (bicyclic) bond motifs is 1. The number of benzene rings is 1. The van der Waals surface area contributed by atoms with E-state index in [0.29, 0.717) is 24.3 Å². The molecule has 0 radical (unpaired) electrons. The Morgan fingerprint density at radius 3 is 2.46 bits per heavy atom. The molecule has 2 amide bonds. The van der Waals surface area contributed by atoms with Gasteiger partial charge in [-0.2, -0.15) is 0 Å². The number of rotatable bonds is 5. The van der Waals surface area contributed by atoms with Gasteiger partial charge in [0.15, 0.2) is 5.76 Å². The largest absolute Gasteiger partial charge is 0.458 e. The van der Waals surface area contributed by atoms with Gasteiger partial charge in [0.1, 0.15) is 18.3 Å². The van der Waals surface area contributed by atoms with Crippen molar-refractivity contribution in [2.45, 2.75) is 32.4 Å². The van der Waals surface area contributed by atoms with Gasteiger partial charge in [-0.25, -0.2) is 4.79 Å². The standard InChI is InChI=1S/C21H20N2O5/c1-13(23-19(24)16-9-5-6-10-17(16)20(23)25)21(26)27-12-15-11-18(28-22-15)14-7-3-2-4-8-14/h2-8,11,13,16-17H,9-10,12H2,1H3/t13-,16-,17-/m0/s1. The van der Waals surface area contributed by atoms with Gasteiger partial charge in [0, 0.05) is 11.6 Å². The Labute approximate surface area is 161 Å². The number of hydrogen-bond acceptors (Lipinski definition) is 6. The lowest BCUT2D eigenvalue weighted by Gasteiger charge is -2.21. The molecule has 0 saturated carbocycles. The first-order valence-corrected chi connectivity index (χ1v) is 9.26. The molecule has 7 nitrogen and oxygen atoms in total. The topological polar surface area (TPSA) is 89.7 Å². The Morgan fingerprint density at radius 2 is 1.82 bits per heavy atom. The summed E-state index contributed by atoms with van der Waals surface area (Å²) in [5.41, 5.74) is 1.32. The van der Waals surface area contributed by atoms with E-state index in [1.165, 1.54) is 6.92 Å². The molecular formula is C21H20N2O5. The van der Waals surface area contributed by atoms with Crippen LogP contribution in [0.1, 0.15) is 25.5 Å². The maximum absolute atomic E-state index is 12.6. The molecular weight excluding hydrogens is 360 g/mol. The first-order valence-electron chi connectivity index (χ1n) is 9.26. The second-order valence-corrected chi connectivity index (χ2v) is 7.03. The van der Waals surface area contributed by atoms with Crippen molar-refractivity contribution in [1.29, 1.82) is 0 Å². The van der Waals surface area contributed by atoms with Crippen LogP contribution in [0.25, 0.3) is 11.3 Å². The maximum Gasteiger partial charge on any atom is 0.329 e. The molecule has 1 aromatic heterocycles. The molecule has 28 heavy (non-hydrogen) atoms. The van der Waals surface area contributed by atoms with Crippen molar-refractivity contribution in [3.05, 3.63) is 54.2 Å². The molecule has 1 aliphatic heterocycles. The smallest absolute Gasteiger partial charge is 0.329 e. The molecule has 4 rings (SSSR count). The lowest BCUT2D eigenvalue weighted by Crippen LogP contribution is -2.44. The van der Waals surface area contributed by atoms with E-state index in [9.17, 15) is 14.4 Å². The van der Waals surface area contributed by atoms with Crippen LogP contribution >= 0.6 is 0 Å². The molecule has 2 heterocycles. The normalized spacial score (nSPS) is 22.2. The Kier molecular flexibility index (Phi) is 4.81. The van der Waals surface area contributed by atoms with Crippen molar-refractivity contribution in [3.63, 3.8) is 0 Å². The number of carbonyl (C=O) groups excluding carboxylic acids is 3. The van der Waals surface area contributed by atoms with Crippen molar-refractivity contribution in [2.24, 2.45) is 11.8 Å². The number of allylic oxidation sites excluding steroid dienone is 2. The number of esters is 1. The highest BCUT2D eigenvalue weighted by molar-refractivity contribution is 6.08. The predicted molar refractivity (Wildman–Crippen MR) is 98.4 cm³/mol. The first kappa shape index (κ1) is 18.2. The SMILES string of the molecule is C[C@@H](C(=O)OCc1cc(-c2ccccc2)on1)N1C(=O)[C@H]2CC=CC[C@@H]2C1=O. The maximum atomic E-state index is 12.6. The van der Waals surface area contributed by atoms with Crippen LogP contribution in [0.2, 0.25) is 0 Å². The third-order valence-electron chi connectivity index (χ3n) is 5.25. The zero-order chi connectivity index (χ0) is 19.7. The van der Waals surface area contributed by atoms with Gasteiger partial charge in [-0.3, -0.25) is 14.5 Å². The van der Waals surface area contributed by atoms with Gasteiger partial charge in [-0.15, -0.1) is 0 Å². The van der Waals surface area contributed by atoms with E-state index in [0.717, 1.165) is 10.5 Å². The molecule has 1 aliphatic carbocycles. The molecule has 0 N–H and O–H groups in total. The van der Waals surface area contributed by atoms with Crippen LogP contribution in [0.4, 0.5) is 0 Å². The van der Waals surface area contributed by atoms with Crippen molar-refractivity contribution in [1.82, 2.24) is 10.1 Å². The molecule has 1 fully saturated rings. The number of carbonyl (C=O) groups is 3. The van der Waals surface area contributed by atoms with E-state index in [4.69, 9.17) is 9.26 Å². The number of aromatic nitrogens is 1. The predicted octanol–water partition coefficient (Wildman–Crippen LogP) is 2.72. The van der Waals surface area contributed by atoms with Crippen LogP contribution < -0.4 is 0 Å². The highest BCUT2D eigenvalue weighted by Crippen LogP contribution is 2.36. The Morgan fingerprint density at radius 1 is 1.18 bits per heavy atom. The molecule has 0 spiro atoms. The van der Waals surface area contributed by atoms with Gasteiger partial charge in [0.05, 0.1) is 11.8 Å².